The SMILES string of the molecule is CC(C)c1ccc([C@H]2C[C@@H]2C)cc1. The Kier molecular flexibility index (Phi) is 2.15. The lowest BCUT2D eigenvalue weighted by molar-refractivity contribution is 0.861. The minimum atomic E-state index is 0.658. The monoisotopic (exact) mass is 174 g/mol. The highest BCUT2D eigenvalue weighted by atomic mass is 14.4. The van der Waals surface area contributed by atoms with Gasteiger partial charge in [-0.2, -0.15) is 0 Å². The molecular weight excluding hydrogens is 156 g/mol. The Morgan fingerprint density at radius 1 is 1.15 bits per heavy atom. The van der Waals surface area contributed by atoms with Gasteiger partial charge in [-0.05, 0) is 35.3 Å². The Morgan fingerprint density at radius 3 is 2.08 bits per heavy atom. The molecule has 13 heavy (non-hydrogen) atoms. The molecule has 1 aliphatic carbocycles. The molecule has 0 aliphatic heterocycles. The molecule has 1 aliphatic rings. The summed E-state index contributed by atoms with van der Waals surface area (Å²) in [6, 6.07) is 9.18. The molecule has 70 valence electrons. The summed E-state index contributed by atoms with van der Waals surface area (Å²) >= 11 is 0. The van der Waals surface area contributed by atoms with Crippen molar-refractivity contribution in [2.45, 2.75) is 39.0 Å². The number of hydrogen-bond donors (Lipinski definition) is 0. The van der Waals surface area contributed by atoms with E-state index in [1.807, 2.05) is 0 Å². The van der Waals surface area contributed by atoms with E-state index in [1.54, 1.807) is 0 Å². The maximum Gasteiger partial charge on any atom is -0.0133 e. The first-order valence-corrected chi connectivity index (χ1v) is 5.28. The molecule has 0 heterocycles. The van der Waals surface area contributed by atoms with Gasteiger partial charge in [0.2, 0.25) is 0 Å². The van der Waals surface area contributed by atoms with E-state index in [2.05, 4.69) is 45.0 Å². The second kappa shape index (κ2) is 3.17. The fraction of sp³-hybridized carbons (Fsp3) is 0.538. The first-order valence-electron chi connectivity index (χ1n) is 5.28. The fourth-order valence-electron chi connectivity index (χ4n) is 1.91. The quantitative estimate of drug-likeness (QED) is 0.637. The summed E-state index contributed by atoms with van der Waals surface area (Å²) in [5.41, 5.74) is 2.99. The van der Waals surface area contributed by atoms with Crippen LogP contribution in [-0.2, 0) is 0 Å². The zero-order valence-corrected chi connectivity index (χ0v) is 8.75. The average Bonchev–Trinajstić information content (AvgIpc) is 2.83. The molecule has 0 aromatic heterocycles. The molecule has 0 amide bonds. The van der Waals surface area contributed by atoms with Crippen molar-refractivity contribution in [2.24, 2.45) is 5.92 Å². The minimum absolute atomic E-state index is 0.658. The van der Waals surface area contributed by atoms with Crippen LogP contribution in [0.3, 0.4) is 0 Å². The lowest BCUT2D eigenvalue weighted by Gasteiger charge is -2.06. The third-order valence-corrected chi connectivity index (χ3v) is 3.14. The zero-order valence-electron chi connectivity index (χ0n) is 8.75. The van der Waals surface area contributed by atoms with E-state index in [0.717, 1.165) is 11.8 Å². The third-order valence-electron chi connectivity index (χ3n) is 3.14. The molecule has 0 nitrogen and oxygen atoms in total. The van der Waals surface area contributed by atoms with E-state index in [-0.39, 0.29) is 0 Å². The number of hydrogen-bond acceptors (Lipinski definition) is 0. The summed E-state index contributed by atoms with van der Waals surface area (Å²) in [6.45, 7) is 6.82. The number of rotatable bonds is 2. The van der Waals surface area contributed by atoms with Gasteiger partial charge >= 0.3 is 0 Å². The molecule has 1 saturated carbocycles. The molecule has 2 atom stereocenters. The zero-order chi connectivity index (χ0) is 9.42. The van der Waals surface area contributed by atoms with Gasteiger partial charge in [-0.15, -0.1) is 0 Å². The second-order valence-electron chi connectivity index (χ2n) is 4.64. The summed E-state index contributed by atoms with van der Waals surface area (Å²) in [5.74, 6) is 2.44. The fourth-order valence-corrected chi connectivity index (χ4v) is 1.91. The van der Waals surface area contributed by atoms with E-state index in [0.29, 0.717) is 5.92 Å². The van der Waals surface area contributed by atoms with Crippen molar-refractivity contribution < 1.29 is 0 Å². The normalized spacial score (nSPS) is 26.5. The van der Waals surface area contributed by atoms with Crippen LogP contribution in [0.25, 0.3) is 0 Å². The van der Waals surface area contributed by atoms with Gasteiger partial charge in [-0.25, -0.2) is 0 Å². The lowest BCUT2D eigenvalue weighted by Crippen LogP contribution is -1.88. The van der Waals surface area contributed by atoms with Crippen LogP contribution in [0.15, 0.2) is 24.3 Å². The van der Waals surface area contributed by atoms with Crippen molar-refractivity contribution in [1.82, 2.24) is 0 Å². The topological polar surface area (TPSA) is 0 Å². The van der Waals surface area contributed by atoms with Gasteiger partial charge in [0.05, 0.1) is 0 Å². The smallest absolute Gasteiger partial charge is 0.0133 e. The highest BCUT2D eigenvalue weighted by Gasteiger charge is 2.33. The van der Waals surface area contributed by atoms with Gasteiger partial charge in [-0.1, -0.05) is 45.0 Å². The Labute approximate surface area is 81.0 Å². The molecule has 1 fully saturated rings. The predicted octanol–water partition coefficient (Wildman–Crippen LogP) is 3.93. The van der Waals surface area contributed by atoms with E-state index in [1.165, 1.54) is 17.5 Å². The molecule has 2 rings (SSSR count). The van der Waals surface area contributed by atoms with Crippen LogP contribution in [0.5, 0.6) is 0 Å². The van der Waals surface area contributed by atoms with E-state index >= 15 is 0 Å². The van der Waals surface area contributed by atoms with Crippen LogP contribution in [0.2, 0.25) is 0 Å². The standard InChI is InChI=1S/C13H18/c1-9(2)11-4-6-12(7-5-11)13-8-10(13)3/h4-7,9-10,13H,8H2,1-3H3/t10-,13-/m0/s1. The molecule has 0 radical (unpaired) electrons. The van der Waals surface area contributed by atoms with Crippen LogP contribution in [0.1, 0.15) is 50.2 Å². The largest absolute Gasteiger partial charge is 0.0619 e. The van der Waals surface area contributed by atoms with Crippen LogP contribution >= 0.6 is 0 Å². The molecule has 0 unspecified atom stereocenters. The highest BCUT2D eigenvalue weighted by molar-refractivity contribution is 5.30. The summed E-state index contributed by atoms with van der Waals surface area (Å²) in [5, 5.41) is 0. The van der Waals surface area contributed by atoms with E-state index < -0.39 is 0 Å². The average molecular weight is 174 g/mol. The molecule has 0 heteroatoms. The molecule has 0 saturated heterocycles. The van der Waals surface area contributed by atoms with Crippen LogP contribution in [0, 0.1) is 5.92 Å². The van der Waals surface area contributed by atoms with Crippen molar-refractivity contribution in [3.8, 4) is 0 Å². The second-order valence-corrected chi connectivity index (χ2v) is 4.64. The maximum absolute atomic E-state index is 2.33. The summed E-state index contributed by atoms with van der Waals surface area (Å²) in [6.07, 6.45) is 1.39. The Bertz CT molecular complexity index is 281. The Morgan fingerprint density at radius 2 is 1.69 bits per heavy atom. The Hall–Kier alpha value is -0.780. The summed E-state index contributed by atoms with van der Waals surface area (Å²) in [4.78, 5) is 0. The van der Waals surface area contributed by atoms with Gasteiger partial charge in [0, 0.05) is 0 Å². The van der Waals surface area contributed by atoms with E-state index in [9.17, 15) is 0 Å². The van der Waals surface area contributed by atoms with Gasteiger partial charge in [0.25, 0.3) is 0 Å². The van der Waals surface area contributed by atoms with E-state index in [4.69, 9.17) is 0 Å². The summed E-state index contributed by atoms with van der Waals surface area (Å²) < 4.78 is 0. The van der Waals surface area contributed by atoms with Crippen LogP contribution < -0.4 is 0 Å². The van der Waals surface area contributed by atoms with Gasteiger partial charge in [0.1, 0.15) is 0 Å². The van der Waals surface area contributed by atoms with Crippen molar-refractivity contribution in [3.63, 3.8) is 0 Å². The predicted molar refractivity (Wildman–Crippen MR) is 57.1 cm³/mol. The first-order chi connectivity index (χ1) is 6.18. The molecule has 0 bridgehead atoms. The third kappa shape index (κ3) is 1.77. The Balaban J connectivity index is 2.14. The van der Waals surface area contributed by atoms with Crippen LogP contribution in [0.4, 0.5) is 0 Å². The minimum Gasteiger partial charge on any atom is -0.0619 e. The van der Waals surface area contributed by atoms with Crippen molar-refractivity contribution >= 4 is 0 Å². The van der Waals surface area contributed by atoms with Crippen molar-refractivity contribution in [2.75, 3.05) is 0 Å². The van der Waals surface area contributed by atoms with Crippen LogP contribution in [-0.4, -0.2) is 0 Å². The van der Waals surface area contributed by atoms with Crippen molar-refractivity contribution in [3.05, 3.63) is 35.4 Å². The molecular formula is C13H18. The maximum atomic E-state index is 2.33. The molecule has 0 N–H and O–H groups in total. The number of benzene rings is 1. The lowest BCUT2D eigenvalue weighted by atomic mass is 10.00. The molecule has 0 spiro atoms. The highest BCUT2D eigenvalue weighted by Crippen LogP contribution is 2.46. The molecule has 1 aromatic carbocycles. The van der Waals surface area contributed by atoms with Gasteiger partial charge in [0.15, 0.2) is 0 Å². The van der Waals surface area contributed by atoms with Gasteiger partial charge < -0.3 is 0 Å². The molecule has 1 aromatic rings. The van der Waals surface area contributed by atoms with Crippen molar-refractivity contribution in [1.29, 1.82) is 0 Å². The first kappa shape index (κ1) is 8.80. The van der Waals surface area contributed by atoms with Gasteiger partial charge in [-0.3, -0.25) is 0 Å². The summed E-state index contributed by atoms with van der Waals surface area (Å²) in [7, 11) is 0.